The highest BCUT2D eigenvalue weighted by atomic mass is 19.1. The number of para-hydroxylation sites is 1. The lowest BCUT2D eigenvalue weighted by molar-refractivity contribution is 0.0698. The summed E-state index contributed by atoms with van der Waals surface area (Å²) in [4.78, 5) is 23.4. The van der Waals surface area contributed by atoms with Gasteiger partial charge in [-0.1, -0.05) is 23.8 Å². The number of benzene rings is 2. The molecule has 2 rings (SSSR count). The monoisotopic (exact) mass is 287 g/mol. The van der Waals surface area contributed by atoms with Gasteiger partial charge in [-0.3, -0.25) is 4.79 Å². The Kier molecular flexibility index (Phi) is 4.03. The van der Waals surface area contributed by atoms with E-state index >= 15 is 0 Å². The second-order valence-corrected chi connectivity index (χ2v) is 4.74. The number of nitrogens with one attached hydrogen (secondary N) is 1. The molecule has 0 aliphatic carbocycles. The van der Waals surface area contributed by atoms with Crippen LogP contribution >= 0.6 is 0 Å². The molecule has 1 amide bonds. The minimum absolute atomic E-state index is 0.0311. The van der Waals surface area contributed by atoms with Crippen molar-refractivity contribution in [2.75, 3.05) is 5.32 Å². The van der Waals surface area contributed by atoms with Crippen LogP contribution in [0.3, 0.4) is 0 Å². The summed E-state index contributed by atoms with van der Waals surface area (Å²) in [7, 11) is 0. The first-order chi connectivity index (χ1) is 9.90. The third-order valence-corrected chi connectivity index (χ3v) is 3.11. The Morgan fingerprint density at radius 3 is 2.48 bits per heavy atom. The zero-order valence-electron chi connectivity index (χ0n) is 11.6. The quantitative estimate of drug-likeness (QED) is 0.909. The molecule has 5 heteroatoms. The van der Waals surface area contributed by atoms with Gasteiger partial charge in [0, 0.05) is 0 Å². The maximum Gasteiger partial charge on any atom is 0.337 e. The number of aryl methyl sites for hydroxylation is 2. The van der Waals surface area contributed by atoms with Crippen LogP contribution < -0.4 is 5.32 Å². The molecular weight excluding hydrogens is 273 g/mol. The van der Waals surface area contributed by atoms with E-state index in [-0.39, 0.29) is 16.8 Å². The van der Waals surface area contributed by atoms with Gasteiger partial charge >= 0.3 is 5.97 Å². The van der Waals surface area contributed by atoms with Crippen LogP contribution in [0.2, 0.25) is 0 Å². The summed E-state index contributed by atoms with van der Waals surface area (Å²) in [5.74, 6) is -2.48. The van der Waals surface area contributed by atoms with Gasteiger partial charge in [-0.2, -0.15) is 0 Å². The number of carboxylic acids is 1. The van der Waals surface area contributed by atoms with Crippen molar-refractivity contribution in [1.82, 2.24) is 0 Å². The molecule has 0 unspecified atom stereocenters. The third-order valence-electron chi connectivity index (χ3n) is 3.11. The highest BCUT2D eigenvalue weighted by molar-refractivity contribution is 6.08. The maximum atomic E-state index is 13.7. The van der Waals surface area contributed by atoms with Crippen LogP contribution in [0.1, 0.15) is 31.8 Å². The van der Waals surface area contributed by atoms with Crippen LogP contribution in [0.5, 0.6) is 0 Å². The molecule has 2 aromatic carbocycles. The number of halogens is 1. The summed E-state index contributed by atoms with van der Waals surface area (Å²) < 4.78 is 13.7. The Balaban J connectivity index is 2.41. The highest BCUT2D eigenvalue weighted by Crippen LogP contribution is 2.22. The molecule has 0 aliphatic rings. The molecule has 2 N–H and O–H groups in total. The maximum absolute atomic E-state index is 13.7. The number of hydrogen-bond donors (Lipinski definition) is 2. The van der Waals surface area contributed by atoms with Gasteiger partial charge in [0.05, 0.1) is 16.8 Å². The molecule has 0 saturated carbocycles. The predicted octanol–water partition coefficient (Wildman–Crippen LogP) is 3.39. The van der Waals surface area contributed by atoms with Crippen LogP contribution in [0.4, 0.5) is 10.1 Å². The van der Waals surface area contributed by atoms with E-state index in [1.165, 1.54) is 18.2 Å². The minimum atomic E-state index is -1.15. The smallest absolute Gasteiger partial charge is 0.337 e. The summed E-state index contributed by atoms with van der Waals surface area (Å²) in [5.41, 5.74) is 1.36. The lowest BCUT2D eigenvalue weighted by atomic mass is 10.1. The number of amides is 1. The molecule has 0 aliphatic heterocycles. The van der Waals surface area contributed by atoms with Crippen molar-refractivity contribution in [2.24, 2.45) is 0 Å². The van der Waals surface area contributed by atoms with Crippen molar-refractivity contribution in [3.63, 3.8) is 0 Å². The number of carbonyl (C=O) groups excluding carboxylic acids is 1. The topological polar surface area (TPSA) is 66.4 Å². The van der Waals surface area contributed by atoms with E-state index in [0.29, 0.717) is 5.56 Å². The summed E-state index contributed by atoms with van der Waals surface area (Å²) in [5, 5.41) is 11.6. The molecule has 0 atom stereocenters. The normalized spacial score (nSPS) is 10.2. The van der Waals surface area contributed by atoms with Crippen molar-refractivity contribution in [3.8, 4) is 0 Å². The van der Waals surface area contributed by atoms with Crippen molar-refractivity contribution < 1.29 is 19.1 Å². The van der Waals surface area contributed by atoms with E-state index < -0.39 is 17.7 Å². The van der Waals surface area contributed by atoms with Crippen LogP contribution in [0.25, 0.3) is 0 Å². The van der Waals surface area contributed by atoms with Crippen molar-refractivity contribution in [1.29, 1.82) is 0 Å². The van der Waals surface area contributed by atoms with Gasteiger partial charge in [0.15, 0.2) is 0 Å². The number of rotatable bonds is 3. The zero-order valence-corrected chi connectivity index (χ0v) is 11.6. The molecule has 0 spiro atoms. The standard InChI is InChI=1S/C16H14FNO3/c1-9-6-7-13(17)12(8-9)15(19)18-14-10(2)4-3-5-11(14)16(20)21/h3-8H,1-2H3,(H,18,19)(H,20,21). The van der Waals surface area contributed by atoms with Gasteiger partial charge in [-0.25, -0.2) is 9.18 Å². The van der Waals surface area contributed by atoms with Gasteiger partial charge in [0.2, 0.25) is 0 Å². The van der Waals surface area contributed by atoms with E-state index in [4.69, 9.17) is 5.11 Å². The van der Waals surface area contributed by atoms with E-state index in [9.17, 15) is 14.0 Å². The molecule has 0 fully saturated rings. The molecule has 108 valence electrons. The lowest BCUT2D eigenvalue weighted by Gasteiger charge is -2.12. The minimum Gasteiger partial charge on any atom is -0.478 e. The average Bonchev–Trinajstić information content (AvgIpc) is 2.43. The largest absolute Gasteiger partial charge is 0.478 e. The van der Waals surface area contributed by atoms with Gasteiger partial charge in [0.25, 0.3) is 5.91 Å². The van der Waals surface area contributed by atoms with Crippen LogP contribution in [0.15, 0.2) is 36.4 Å². The molecule has 0 aromatic heterocycles. The van der Waals surface area contributed by atoms with Crippen molar-refractivity contribution in [3.05, 3.63) is 64.5 Å². The molecule has 0 bridgehead atoms. The summed E-state index contributed by atoms with van der Waals surface area (Å²) in [6, 6.07) is 8.83. The van der Waals surface area contributed by atoms with E-state index in [0.717, 1.165) is 5.56 Å². The van der Waals surface area contributed by atoms with Gasteiger partial charge in [0.1, 0.15) is 5.82 Å². The fourth-order valence-corrected chi connectivity index (χ4v) is 2.01. The second kappa shape index (κ2) is 5.75. The van der Waals surface area contributed by atoms with Crippen molar-refractivity contribution in [2.45, 2.75) is 13.8 Å². The predicted molar refractivity (Wildman–Crippen MR) is 77.2 cm³/mol. The van der Waals surface area contributed by atoms with Crippen molar-refractivity contribution >= 4 is 17.6 Å². The van der Waals surface area contributed by atoms with E-state index in [1.54, 1.807) is 32.0 Å². The van der Waals surface area contributed by atoms with Gasteiger partial charge in [-0.15, -0.1) is 0 Å². The number of aromatic carboxylic acids is 1. The molecule has 0 radical (unpaired) electrons. The molecule has 0 saturated heterocycles. The first kappa shape index (κ1) is 14.7. The zero-order chi connectivity index (χ0) is 15.6. The fraction of sp³-hybridized carbons (Fsp3) is 0.125. The van der Waals surface area contributed by atoms with Crippen LogP contribution in [-0.4, -0.2) is 17.0 Å². The number of carboxylic acid groups (broad SMARTS) is 1. The Morgan fingerprint density at radius 1 is 1.10 bits per heavy atom. The van der Waals surface area contributed by atoms with E-state index in [1.807, 2.05) is 0 Å². The SMILES string of the molecule is Cc1ccc(F)c(C(=O)Nc2c(C)cccc2C(=O)O)c1. The number of anilines is 1. The fourth-order valence-electron chi connectivity index (χ4n) is 2.01. The second-order valence-electron chi connectivity index (χ2n) is 4.74. The average molecular weight is 287 g/mol. The third kappa shape index (κ3) is 3.08. The first-order valence-corrected chi connectivity index (χ1v) is 6.30. The first-order valence-electron chi connectivity index (χ1n) is 6.30. The summed E-state index contributed by atoms with van der Waals surface area (Å²) in [6.45, 7) is 3.42. The molecule has 21 heavy (non-hydrogen) atoms. The summed E-state index contributed by atoms with van der Waals surface area (Å²) in [6.07, 6.45) is 0. The lowest BCUT2D eigenvalue weighted by Crippen LogP contribution is -2.17. The Hall–Kier alpha value is -2.69. The van der Waals surface area contributed by atoms with Crippen LogP contribution in [0, 0.1) is 19.7 Å². The van der Waals surface area contributed by atoms with E-state index in [2.05, 4.69) is 5.32 Å². The summed E-state index contributed by atoms with van der Waals surface area (Å²) >= 11 is 0. The molecule has 4 nitrogen and oxygen atoms in total. The number of hydrogen-bond acceptors (Lipinski definition) is 2. The Morgan fingerprint density at radius 2 is 1.81 bits per heavy atom. The van der Waals surface area contributed by atoms with Crippen LogP contribution in [-0.2, 0) is 0 Å². The molecule has 2 aromatic rings. The Labute approximate surface area is 121 Å². The molecule has 0 heterocycles. The number of carbonyl (C=O) groups is 2. The highest BCUT2D eigenvalue weighted by Gasteiger charge is 2.17. The van der Waals surface area contributed by atoms with Gasteiger partial charge < -0.3 is 10.4 Å². The Bertz CT molecular complexity index is 725. The molecular formula is C16H14FNO3. The van der Waals surface area contributed by atoms with Gasteiger partial charge in [-0.05, 0) is 37.6 Å².